The molecule has 0 amide bonds. The molecule has 21 heavy (non-hydrogen) atoms. The van der Waals surface area contributed by atoms with Crippen molar-refractivity contribution in [3.63, 3.8) is 0 Å². The van der Waals surface area contributed by atoms with E-state index in [1.165, 1.54) is 0 Å². The van der Waals surface area contributed by atoms with E-state index < -0.39 is 0 Å². The van der Waals surface area contributed by atoms with E-state index >= 15 is 0 Å². The lowest BCUT2D eigenvalue weighted by atomic mass is 10.1. The zero-order valence-electron chi connectivity index (χ0n) is 14.0. The maximum absolute atomic E-state index is 4.57. The van der Waals surface area contributed by atoms with Crippen LogP contribution in [0.1, 0.15) is 53.9 Å². The molecule has 0 radical (unpaired) electrons. The number of hydrogen-bond acceptors (Lipinski definition) is 5. The SMILES string of the molecule is CCN/C(S)=C/N=C(CC)CC(CC)=N/C=C(\C)NCC. The lowest BCUT2D eigenvalue weighted by molar-refractivity contribution is 0.850. The van der Waals surface area contributed by atoms with Crippen LogP contribution < -0.4 is 10.6 Å². The van der Waals surface area contributed by atoms with E-state index in [9.17, 15) is 0 Å². The maximum Gasteiger partial charge on any atom is 0.0836 e. The van der Waals surface area contributed by atoms with Crippen molar-refractivity contribution >= 4 is 24.1 Å². The van der Waals surface area contributed by atoms with Gasteiger partial charge in [0.1, 0.15) is 0 Å². The van der Waals surface area contributed by atoms with Gasteiger partial charge in [-0.2, -0.15) is 0 Å². The third-order valence-electron chi connectivity index (χ3n) is 2.85. The van der Waals surface area contributed by atoms with E-state index in [0.717, 1.165) is 54.5 Å². The molecule has 0 aromatic rings. The first kappa shape index (κ1) is 19.8. The van der Waals surface area contributed by atoms with E-state index in [2.05, 4.69) is 54.0 Å². The number of thiol groups is 1. The van der Waals surface area contributed by atoms with Gasteiger partial charge in [0.25, 0.3) is 0 Å². The van der Waals surface area contributed by atoms with Gasteiger partial charge in [0.15, 0.2) is 0 Å². The number of aliphatic imine (C=N–C) groups is 2. The predicted octanol–water partition coefficient (Wildman–Crippen LogP) is 3.89. The summed E-state index contributed by atoms with van der Waals surface area (Å²) in [7, 11) is 0. The van der Waals surface area contributed by atoms with Crippen LogP contribution in [0.15, 0.2) is 33.1 Å². The molecular formula is C16H30N4S. The molecule has 2 N–H and O–H groups in total. The van der Waals surface area contributed by atoms with Crippen LogP contribution in [0.5, 0.6) is 0 Å². The zero-order valence-corrected chi connectivity index (χ0v) is 14.9. The number of rotatable bonds is 10. The van der Waals surface area contributed by atoms with Crippen LogP contribution in [0.3, 0.4) is 0 Å². The average molecular weight is 311 g/mol. The highest BCUT2D eigenvalue weighted by Crippen LogP contribution is 2.04. The summed E-state index contributed by atoms with van der Waals surface area (Å²) >= 11 is 4.32. The molecule has 0 unspecified atom stereocenters. The summed E-state index contributed by atoms with van der Waals surface area (Å²) in [6.07, 6.45) is 6.33. The van der Waals surface area contributed by atoms with Gasteiger partial charge in [0.2, 0.25) is 0 Å². The summed E-state index contributed by atoms with van der Waals surface area (Å²) in [5, 5.41) is 7.15. The van der Waals surface area contributed by atoms with Crippen LogP contribution >= 0.6 is 12.6 Å². The Morgan fingerprint density at radius 1 is 0.905 bits per heavy atom. The van der Waals surface area contributed by atoms with Crippen molar-refractivity contribution in [3.8, 4) is 0 Å². The lowest BCUT2D eigenvalue weighted by Crippen LogP contribution is -2.10. The molecule has 0 fully saturated rings. The van der Waals surface area contributed by atoms with Gasteiger partial charge in [-0.1, -0.05) is 13.8 Å². The molecule has 0 aromatic carbocycles. The van der Waals surface area contributed by atoms with Crippen molar-refractivity contribution < 1.29 is 0 Å². The molecule has 0 aromatic heterocycles. The first-order valence-corrected chi connectivity index (χ1v) is 8.16. The summed E-state index contributed by atoms with van der Waals surface area (Å²) in [5.74, 6) is 0. The third kappa shape index (κ3) is 10.2. The van der Waals surface area contributed by atoms with Crippen molar-refractivity contribution in [3.05, 3.63) is 23.1 Å². The smallest absolute Gasteiger partial charge is 0.0836 e. The highest BCUT2D eigenvalue weighted by molar-refractivity contribution is 7.84. The Balaban J connectivity index is 4.83. The first-order chi connectivity index (χ1) is 10.1. The van der Waals surface area contributed by atoms with Crippen molar-refractivity contribution in [1.29, 1.82) is 0 Å². The largest absolute Gasteiger partial charge is 0.388 e. The molecule has 120 valence electrons. The summed E-state index contributed by atoms with van der Waals surface area (Å²) in [6, 6.07) is 0. The van der Waals surface area contributed by atoms with Gasteiger partial charge in [0, 0.05) is 42.8 Å². The van der Waals surface area contributed by atoms with E-state index in [1.54, 1.807) is 6.20 Å². The fraction of sp³-hybridized carbons (Fsp3) is 0.625. The summed E-state index contributed by atoms with van der Waals surface area (Å²) in [5.41, 5.74) is 3.35. The second-order valence-electron chi connectivity index (χ2n) is 4.66. The highest BCUT2D eigenvalue weighted by atomic mass is 32.1. The van der Waals surface area contributed by atoms with Gasteiger partial charge in [0.05, 0.1) is 11.2 Å². The average Bonchev–Trinajstić information content (AvgIpc) is 2.47. The van der Waals surface area contributed by atoms with Crippen molar-refractivity contribution in [2.75, 3.05) is 13.1 Å². The molecule has 0 rings (SSSR count). The fourth-order valence-corrected chi connectivity index (χ4v) is 1.87. The van der Waals surface area contributed by atoms with E-state index in [0.29, 0.717) is 0 Å². The molecule has 0 atom stereocenters. The monoisotopic (exact) mass is 310 g/mol. The van der Waals surface area contributed by atoms with Gasteiger partial charge in [-0.3, -0.25) is 9.98 Å². The maximum atomic E-state index is 4.57. The molecule has 4 nitrogen and oxygen atoms in total. The Hall–Kier alpha value is -1.23. The molecule has 0 aliphatic heterocycles. The van der Waals surface area contributed by atoms with Crippen LogP contribution in [0.25, 0.3) is 0 Å². The fourth-order valence-electron chi connectivity index (χ4n) is 1.65. The molecule has 0 bridgehead atoms. The molecule has 0 aliphatic carbocycles. The minimum atomic E-state index is 0.793. The molecule has 0 spiro atoms. The zero-order chi connectivity index (χ0) is 16.1. The Kier molecular flexibility index (Phi) is 11.8. The van der Waals surface area contributed by atoms with E-state index in [4.69, 9.17) is 0 Å². The Labute approximate surface area is 135 Å². The van der Waals surface area contributed by atoms with Crippen LogP contribution in [0.4, 0.5) is 0 Å². The van der Waals surface area contributed by atoms with Crippen LogP contribution in [-0.4, -0.2) is 24.5 Å². The lowest BCUT2D eigenvalue weighted by Gasteiger charge is -2.06. The summed E-state index contributed by atoms with van der Waals surface area (Å²) < 4.78 is 0. The van der Waals surface area contributed by atoms with Crippen molar-refractivity contribution in [2.24, 2.45) is 9.98 Å². The summed E-state index contributed by atoms with van der Waals surface area (Å²) in [4.78, 5) is 9.08. The Morgan fingerprint density at radius 2 is 1.43 bits per heavy atom. The topological polar surface area (TPSA) is 48.8 Å². The normalized spacial score (nSPS) is 14.4. The second kappa shape index (κ2) is 12.5. The molecule has 0 aliphatic rings. The Morgan fingerprint density at radius 3 is 1.90 bits per heavy atom. The molecule has 0 saturated carbocycles. The minimum Gasteiger partial charge on any atom is -0.388 e. The van der Waals surface area contributed by atoms with Crippen LogP contribution in [0, 0.1) is 0 Å². The molecule has 0 saturated heterocycles. The third-order valence-corrected chi connectivity index (χ3v) is 3.12. The highest BCUT2D eigenvalue weighted by Gasteiger charge is 2.02. The number of nitrogens with zero attached hydrogens (tertiary/aromatic N) is 2. The molecule has 5 heteroatoms. The second-order valence-corrected chi connectivity index (χ2v) is 5.14. The predicted molar refractivity (Wildman–Crippen MR) is 98.2 cm³/mol. The van der Waals surface area contributed by atoms with Gasteiger partial charge >= 0.3 is 0 Å². The minimum absolute atomic E-state index is 0.793. The van der Waals surface area contributed by atoms with Crippen LogP contribution in [0.2, 0.25) is 0 Å². The number of hydrogen-bond donors (Lipinski definition) is 3. The van der Waals surface area contributed by atoms with E-state index in [-0.39, 0.29) is 0 Å². The van der Waals surface area contributed by atoms with Gasteiger partial charge in [-0.05, 0) is 33.6 Å². The van der Waals surface area contributed by atoms with E-state index in [1.807, 2.05) is 20.0 Å². The van der Waals surface area contributed by atoms with Gasteiger partial charge in [-0.25, -0.2) is 0 Å². The van der Waals surface area contributed by atoms with Gasteiger partial charge < -0.3 is 10.6 Å². The van der Waals surface area contributed by atoms with Crippen molar-refractivity contribution in [1.82, 2.24) is 10.6 Å². The first-order valence-electron chi connectivity index (χ1n) is 7.71. The Bertz CT molecular complexity index is 371. The quantitative estimate of drug-likeness (QED) is 0.423. The van der Waals surface area contributed by atoms with Gasteiger partial charge in [-0.15, -0.1) is 12.6 Å². The van der Waals surface area contributed by atoms with Crippen LogP contribution in [-0.2, 0) is 0 Å². The standard InChI is InChI=1S/C16H30N4S/c1-6-14(19-11-13(5)17-8-3)10-15(7-2)20-12-16(21)18-9-4/h11-12,17-18,21H,6-10H2,1-5H3/b13-11+,16-12-,19-14?,20-15?. The number of nitrogens with one attached hydrogen (secondary N) is 2. The molecule has 0 heterocycles. The van der Waals surface area contributed by atoms with Crippen molar-refractivity contribution in [2.45, 2.75) is 53.9 Å². The number of allylic oxidation sites excluding steroid dienone is 1. The molecular weight excluding hydrogens is 280 g/mol. The summed E-state index contributed by atoms with van der Waals surface area (Å²) in [6.45, 7) is 12.2.